The van der Waals surface area contributed by atoms with Gasteiger partial charge in [0, 0.05) is 12.1 Å². The first-order chi connectivity index (χ1) is 9.54. The first-order valence-electron chi connectivity index (χ1n) is 6.66. The van der Waals surface area contributed by atoms with Gasteiger partial charge in [0.15, 0.2) is 0 Å². The van der Waals surface area contributed by atoms with E-state index in [1.54, 1.807) is 6.92 Å². The Morgan fingerprint density at radius 3 is 2.75 bits per heavy atom. The molecule has 0 fully saturated rings. The topological polar surface area (TPSA) is 47.3 Å². The molecule has 108 valence electrons. The van der Waals surface area contributed by atoms with E-state index in [2.05, 4.69) is 21.0 Å². The largest absolute Gasteiger partial charge is 0.487 e. The van der Waals surface area contributed by atoms with Crippen molar-refractivity contribution < 1.29 is 9.84 Å². The maximum absolute atomic E-state index is 9.75. The Labute approximate surface area is 127 Å². The molecule has 1 unspecified atom stereocenters. The summed E-state index contributed by atoms with van der Waals surface area (Å²) in [6, 6.07) is 7.54. The predicted octanol–water partition coefficient (Wildman–Crippen LogP) is 3.61. The number of benzene rings is 1. The first-order valence-corrected chi connectivity index (χ1v) is 7.45. The molecule has 4 nitrogen and oxygen atoms in total. The fraction of sp³-hybridized carbons (Fsp3) is 0.400. The van der Waals surface area contributed by atoms with Gasteiger partial charge < -0.3 is 9.84 Å². The van der Waals surface area contributed by atoms with Crippen LogP contribution in [0, 0.1) is 6.92 Å². The molecule has 0 saturated heterocycles. The van der Waals surface area contributed by atoms with E-state index in [1.807, 2.05) is 42.8 Å². The smallest absolute Gasteiger partial charge is 0.131 e. The lowest BCUT2D eigenvalue weighted by atomic mass is 10.1. The summed E-state index contributed by atoms with van der Waals surface area (Å²) >= 11 is 3.55. The molecule has 0 amide bonds. The van der Waals surface area contributed by atoms with E-state index < -0.39 is 6.10 Å². The standard InChI is InChI=1S/C15H19BrN2O2/c1-4-18-13(15(16)10(2)17-18)9-20-14-8-6-5-7-12(14)11(3)19/h5-8,11,19H,4,9H2,1-3H3. The molecule has 0 bridgehead atoms. The minimum Gasteiger partial charge on any atom is -0.487 e. The third kappa shape index (κ3) is 3.04. The van der Waals surface area contributed by atoms with Crippen LogP contribution in [-0.4, -0.2) is 14.9 Å². The minimum absolute atomic E-state index is 0.416. The summed E-state index contributed by atoms with van der Waals surface area (Å²) in [4.78, 5) is 0. The van der Waals surface area contributed by atoms with E-state index in [4.69, 9.17) is 4.74 Å². The van der Waals surface area contributed by atoms with Gasteiger partial charge in [-0.25, -0.2) is 0 Å². The van der Waals surface area contributed by atoms with Crippen LogP contribution in [0.1, 0.15) is 36.9 Å². The summed E-state index contributed by atoms with van der Waals surface area (Å²) in [5.74, 6) is 0.705. The Kier molecular flexibility index (Phi) is 4.83. The van der Waals surface area contributed by atoms with E-state index >= 15 is 0 Å². The molecule has 0 spiro atoms. The quantitative estimate of drug-likeness (QED) is 0.905. The van der Waals surface area contributed by atoms with Crippen LogP contribution < -0.4 is 4.74 Å². The number of hydrogen-bond acceptors (Lipinski definition) is 3. The Hall–Kier alpha value is -1.33. The van der Waals surface area contributed by atoms with Gasteiger partial charge in [-0.1, -0.05) is 18.2 Å². The van der Waals surface area contributed by atoms with Crippen LogP contribution in [0.5, 0.6) is 5.75 Å². The second kappa shape index (κ2) is 6.41. The first kappa shape index (κ1) is 15.1. The van der Waals surface area contributed by atoms with Crippen molar-refractivity contribution >= 4 is 15.9 Å². The minimum atomic E-state index is -0.549. The monoisotopic (exact) mass is 338 g/mol. The van der Waals surface area contributed by atoms with Crippen LogP contribution in [0.15, 0.2) is 28.7 Å². The van der Waals surface area contributed by atoms with Gasteiger partial charge in [0.1, 0.15) is 12.4 Å². The highest BCUT2D eigenvalue weighted by molar-refractivity contribution is 9.10. The van der Waals surface area contributed by atoms with Crippen LogP contribution in [0.2, 0.25) is 0 Å². The van der Waals surface area contributed by atoms with Crippen molar-refractivity contribution in [3.05, 3.63) is 45.7 Å². The van der Waals surface area contributed by atoms with E-state index in [-0.39, 0.29) is 0 Å². The van der Waals surface area contributed by atoms with Crippen LogP contribution in [0.25, 0.3) is 0 Å². The number of aliphatic hydroxyl groups is 1. The molecule has 0 saturated carbocycles. The average Bonchev–Trinajstić information content (AvgIpc) is 2.72. The van der Waals surface area contributed by atoms with Crippen molar-refractivity contribution in [3.63, 3.8) is 0 Å². The highest BCUT2D eigenvalue weighted by Crippen LogP contribution is 2.27. The van der Waals surface area contributed by atoms with Crippen molar-refractivity contribution in [2.24, 2.45) is 0 Å². The summed E-state index contributed by atoms with van der Waals surface area (Å²) in [6.45, 7) is 6.95. The lowest BCUT2D eigenvalue weighted by Crippen LogP contribution is -2.08. The number of rotatable bonds is 5. The molecule has 0 aliphatic heterocycles. The highest BCUT2D eigenvalue weighted by Gasteiger charge is 2.14. The van der Waals surface area contributed by atoms with Crippen LogP contribution in [0.4, 0.5) is 0 Å². The van der Waals surface area contributed by atoms with Gasteiger partial charge >= 0.3 is 0 Å². The number of para-hydroxylation sites is 1. The van der Waals surface area contributed by atoms with Crippen LogP contribution in [-0.2, 0) is 13.2 Å². The van der Waals surface area contributed by atoms with Gasteiger partial charge in [0.25, 0.3) is 0 Å². The van der Waals surface area contributed by atoms with Gasteiger partial charge in [-0.15, -0.1) is 0 Å². The van der Waals surface area contributed by atoms with Gasteiger partial charge in [0.05, 0.1) is 22.0 Å². The maximum Gasteiger partial charge on any atom is 0.131 e. The van der Waals surface area contributed by atoms with Gasteiger partial charge in [-0.2, -0.15) is 5.10 Å². The van der Waals surface area contributed by atoms with E-state index in [1.165, 1.54) is 0 Å². The second-order valence-electron chi connectivity index (χ2n) is 4.66. The molecule has 1 aromatic carbocycles. The van der Waals surface area contributed by atoms with E-state index in [0.717, 1.165) is 28.0 Å². The van der Waals surface area contributed by atoms with Gasteiger partial charge in [0.2, 0.25) is 0 Å². The molecule has 0 aliphatic rings. The van der Waals surface area contributed by atoms with Crippen molar-refractivity contribution in [2.45, 2.75) is 40.0 Å². The average molecular weight is 339 g/mol. The number of ether oxygens (including phenoxy) is 1. The summed E-state index contributed by atoms with van der Waals surface area (Å²) < 4.78 is 8.77. The fourth-order valence-corrected chi connectivity index (χ4v) is 2.51. The number of nitrogens with zero attached hydrogens (tertiary/aromatic N) is 2. The predicted molar refractivity (Wildman–Crippen MR) is 81.7 cm³/mol. The number of aromatic nitrogens is 2. The molecule has 2 rings (SSSR count). The Morgan fingerprint density at radius 1 is 1.40 bits per heavy atom. The SMILES string of the molecule is CCn1nc(C)c(Br)c1COc1ccccc1C(C)O. The number of aryl methyl sites for hydroxylation is 2. The summed E-state index contributed by atoms with van der Waals surface area (Å²) in [6.07, 6.45) is -0.549. The van der Waals surface area contributed by atoms with Crippen molar-refractivity contribution in [3.8, 4) is 5.75 Å². The number of aliphatic hydroxyl groups excluding tert-OH is 1. The van der Waals surface area contributed by atoms with E-state index in [9.17, 15) is 5.11 Å². The van der Waals surface area contributed by atoms with Gasteiger partial charge in [-0.3, -0.25) is 4.68 Å². The number of hydrogen-bond donors (Lipinski definition) is 1. The molecule has 1 atom stereocenters. The Morgan fingerprint density at radius 2 is 2.10 bits per heavy atom. The normalized spacial score (nSPS) is 12.4. The molecule has 0 aliphatic carbocycles. The molecular formula is C15H19BrN2O2. The zero-order valence-corrected chi connectivity index (χ0v) is 13.5. The molecule has 20 heavy (non-hydrogen) atoms. The van der Waals surface area contributed by atoms with Crippen molar-refractivity contribution in [1.29, 1.82) is 0 Å². The van der Waals surface area contributed by atoms with Crippen molar-refractivity contribution in [1.82, 2.24) is 9.78 Å². The van der Waals surface area contributed by atoms with Crippen molar-refractivity contribution in [2.75, 3.05) is 0 Å². The Bertz CT molecular complexity index is 594. The summed E-state index contributed by atoms with van der Waals surface area (Å²) in [5, 5.41) is 14.2. The molecule has 1 N–H and O–H groups in total. The van der Waals surface area contributed by atoms with Crippen LogP contribution >= 0.6 is 15.9 Å². The number of halogens is 1. The lowest BCUT2D eigenvalue weighted by molar-refractivity contribution is 0.189. The zero-order valence-electron chi connectivity index (χ0n) is 11.9. The molecule has 0 radical (unpaired) electrons. The van der Waals surface area contributed by atoms with Gasteiger partial charge in [-0.05, 0) is 42.8 Å². The molecule has 5 heteroatoms. The molecular weight excluding hydrogens is 320 g/mol. The highest BCUT2D eigenvalue weighted by atomic mass is 79.9. The third-order valence-corrected chi connectivity index (χ3v) is 4.22. The van der Waals surface area contributed by atoms with E-state index in [0.29, 0.717) is 12.4 Å². The fourth-order valence-electron chi connectivity index (χ4n) is 2.11. The molecule has 2 aromatic rings. The second-order valence-corrected chi connectivity index (χ2v) is 5.46. The molecule has 1 heterocycles. The lowest BCUT2D eigenvalue weighted by Gasteiger charge is -2.14. The third-order valence-electron chi connectivity index (χ3n) is 3.19. The summed E-state index contributed by atoms with van der Waals surface area (Å²) in [5.41, 5.74) is 2.75. The van der Waals surface area contributed by atoms with Crippen LogP contribution in [0.3, 0.4) is 0 Å². The maximum atomic E-state index is 9.75. The Balaban J connectivity index is 2.21. The summed E-state index contributed by atoms with van der Waals surface area (Å²) in [7, 11) is 0. The molecule has 1 aromatic heterocycles. The zero-order chi connectivity index (χ0) is 14.7.